The first-order chi connectivity index (χ1) is 9.35. The van der Waals surface area contributed by atoms with Crippen LogP contribution in [0.2, 0.25) is 0 Å². The van der Waals surface area contributed by atoms with Gasteiger partial charge in [0.2, 0.25) is 5.89 Å². The third-order valence-electron chi connectivity index (χ3n) is 3.01. The molecule has 0 radical (unpaired) electrons. The van der Waals surface area contributed by atoms with Gasteiger partial charge in [-0.2, -0.15) is 4.98 Å². The van der Waals surface area contributed by atoms with Crippen molar-refractivity contribution in [1.29, 1.82) is 0 Å². The van der Waals surface area contributed by atoms with Crippen molar-refractivity contribution >= 4 is 10.8 Å². The van der Waals surface area contributed by atoms with E-state index < -0.39 is 0 Å². The second kappa shape index (κ2) is 5.20. The van der Waals surface area contributed by atoms with Crippen LogP contribution in [0.25, 0.3) is 10.8 Å². The Morgan fingerprint density at radius 2 is 1.95 bits per heavy atom. The van der Waals surface area contributed by atoms with Gasteiger partial charge in [0.05, 0.1) is 13.0 Å². The lowest BCUT2D eigenvalue weighted by molar-refractivity contribution is 0.378. The van der Waals surface area contributed by atoms with Gasteiger partial charge >= 0.3 is 0 Å². The molecule has 3 rings (SSSR count). The quantitative estimate of drug-likeness (QED) is 0.776. The minimum absolute atomic E-state index is 0.626. The lowest BCUT2D eigenvalue weighted by Crippen LogP contribution is -2.06. The molecule has 0 unspecified atom stereocenters. The van der Waals surface area contributed by atoms with Gasteiger partial charge in [-0.1, -0.05) is 47.6 Å². The highest BCUT2D eigenvalue weighted by Crippen LogP contribution is 2.17. The fourth-order valence-corrected chi connectivity index (χ4v) is 2.12. The second-order valence-electron chi connectivity index (χ2n) is 4.49. The van der Waals surface area contributed by atoms with Crippen molar-refractivity contribution in [3.05, 3.63) is 59.7 Å². The van der Waals surface area contributed by atoms with E-state index in [4.69, 9.17) is 4.52 Å². The third kappa shape index (κ3) is 2.63. The molecule has 1 heterocycles. The summed E-state index contributed by atoms with van der Waals surface area (Å²) < 4.78 is 5.23. The molecule has 0 aliphatic rings. The van der Waals surface area contributed by atoms with Gasteiger partial charge < -0.3 is 9.84 Å². The number of rotatable bonds is 4. The number of nitrogens with zero attached hydrogens (tertiary/aromatic N) is 2. The van der Waals surface area contributed by atoms with E-state index in [1.807, 2.05) is 19.2 Å². The zero-order valence-corrected chi connectivity index (χ0v) is 10.8. The monoisotopic (exact) mass is 253 g/mol. The minimum Gasteiger partial charge on any atom is -0.339 e. The maximum Gasteiger partial charge on any atom is 0.231 e. The summed E-state index contributed by atoms with van der Waals surface area (Å²) in [4.78, 5) is 4.34. The van der Waals surface area contributed by atoms with E-state index in [2.05, 4.69) is 45.8 Å². The molecule has 0 atom stereocenters. The highest BCUT2D eigenvalue weighted by Gasteiger charge is 2.06. The van der Waals surface area contributed by atoms with Gasteiger partial charge in [0, 0.05) is 0 Å². The molecule has 2 aromatic carbocycles. The summed E-state index contributed by atoms with van der Waals surface area (Å²) >= 11 is 0. The number of hydrogen-bond donors (Lipinski definition) is 1. The van der Waals surface area contributed by atoms with Gasteiger partial charge in [-0.05, 0) is 23.4 Å². The van der Waals surface area contributed by atoms with Crippen LogP contribution in [0.5, 0.6) is 0 Å². The van der Waals surface area contributed by atoms with Crippen LogP contribution < -0.4 is 5.32 Å². The van der Waals surface area contributed by atoms with E-state index in [1.54, 1.807) is 0 Å². The SMILES string of the molecule is CNCc1noc(Cc2ccc3ccccc3c2)n1. The van der Waals surface area contributed by atoms with Crippen molar-refractivity contribution in [3.63, 3.8) is 0 Å². The first-order valence-corrected chi connectivity index (χ1v) is 6.29. The Labute approximate surface area is 111 Å². The van der Waals surface area contributed by atoms with Crippen LogP contribution in [-0.4, -0.2) is 17.2 Å². The molecule has 96 valence electrons. The molecule has 0 fully saturated rings. The maximum atomic E-state index is 5.23. The minimum atomic E-state index is 0.626. The lowest BCUT2D eigenvalue weighted by Gasteiger charge is -2.00. The first-order valence-electron chi connectivity index (χ1n) is 6.29. The van der Waals surface area contributed by atoms with Crippen molar-refractivity contribution in [2.75, 3.05) is 7.05 Å². The smallest absolute Gasteiger partial charge is 0.231 e. The fraction of sp³-hybridized carbons (Fsp3) is 0.200. The molecule has 0 bridgehead atoms. The molecule has 3 aromatic rings. The average Bonchev–Trinajstić information content (AvgIpc) is 2.86. The van der Waals surface area contributed by atoms with Crippen LogP contribution in [0.15, 0.2) is 47.0 Å². The van der Waals surface area contributed by atoms with Crippen LogP contribution >= 0.6 is 0 Å². The molecule has 0 spiro atoms. The van der Waals surface area contributed by atoms with E-state index in [-0.39, 0.29) is 0 Å². The number of nitrogens with one attached hydrogen (secondary N) is 1. The van der Waals surface area contributed by atoms with Crippen LogP contribution in [-0.2, 0) is 13.0 Å². The predicted octanol–water partition coefficient (Wildman–Crippen LogP) is 2.53. The van der Waals surface area contributed by atoms with Crippen LogP contribution in [0.3, 0.4) is 0 Å². The normalized spacial score (nSPS) is 11.0. The molecule has 0 amide bonds. The summed E-state index contributed by atoms with van der Waals surface area (Å²) in [5, 5.41) is 9.39. The molecular formula is C15H15N3O. The lowest BCUT2D eigenvalue weighted by atomic mass is 10.1. The number of aromatic nitrogens is 2. The summed E-state index contributed by atoms with van der Waals surface area (Å²) in [6, 6.07) is 14.7. The topological polar surface area (TPSA) is 51.0 Å². The van der Waals surface area contributed by atoms with Gasteiger partial charge in [0.1, 0.15) is 0 Å². The molecule has 19 heavy (non-hydrogen) atoms. The Hall–Kier alpha value is -2.20. The predicted molar refractivity (Wildman–Crippen MR) is 73.8 cm³/mol. The number of fused-ring (bicyclic) bond motifs is 1. The molecule has 0 aliphatic carbocycles. The Bertz CT molecular complexity index is 690. The van der Waals surface area contributed by atoms with Crippen LogP contribution in [0.4, 0.5) is 0 Å². The van der Waals surface area contributed by atoms with Gasteiger partial charge in [-0.3, -0.25) is 0 Å². The summed E-state index contributed by atoms with van der Waals surface area (Å²) in [7, 11) is 1.86. The maximum absolute atomic E-state index is 5.23. The number of hydrogen-bond acceptors (Lipinski definition) is 4. The van der Waals surface area contributed by atoms with Crippen molar-refractivity contribution in [2.24, 2.45) is 0 Å². The Balaban J connectivity index is 1.83. The van der Waals surface area contributed by atoms with Gasteiger partial charge in [-0.25, -0.2) is 0 Å². The molecule has 0 saturated carbocycles. The average molecular weight is 253 g/mol. The van der Waals surface area contributed by atoms with E-state index in [1.165, 1.54) is 16.3 Å². The Morgan fingerprint density at radius 3 is 2.79 bits per heavy atom. The molecule has 4 heteroatoms. The summed E-state index contributed by atoms with van der Waals surface area (Å²) in [6.07, 6.45) is 0.668. The standard InChI is InChI=1S/C15H15N3O/c1-16-10-14-17-15(19-18-14)9-11-6-7-12-4-2-3-5-13(12)8-11/h2-8,16H,9-10H2,1H3. The highest BCUT2D eigenvalue weighted by atomic mass is 16.5. The third-order valence-corrected chi connectivity index (χ3v) is 3.01. The largest absolute Gasteiger partial charge is 0.339 e. The number of benzene rings is 2. The van der Waals surface area contributed by atoms with E-state index >= 15 is 0 Å². The highest BCUT2D eigenvalue weighted by molar-refractivity contribution is 5.83. The van der Waals surface area contributed by atoms with Crippen molar-refractivity contribution in [2.45, 2.75) is 13.0 Å². The van der Waals surface area contributed by atoms with E-state index in [9.17, 15) is 0 Å². The molecule has 4 nitrogen and oxygen atoms in total. The molecule has 1 aromatic heterocycles. The molecule has 1 N–H and O–H groups in total. The zero-order valence-electron chi connectivity index (χ0n) is 10.8. The summed E-state index contributed by atoms with van der Waals surface area (Å²) in [5.74, 6) is 1.35. The van der Waals surface area contributed by atoms with Crippen molar-refractivity contribution in [3.8, 4) is 0 Å². The van der Waals surface area contributed by atoms with E-state index in [0.29, 0.717) is 24.7 Å². The first kappa shape index (κ1) is 11.9. The van der Waals surface area contributed by atoms with Crippen molar-refractivity contribution in [1.82, 2.24) is 15.5 Å². The Morgan fingerprint density at radius 1 is 1.11 bits per heavy atom. The molecular weight excluding hydrogens is 238 g/mol. The van der Waals surface area contributed by atoms with E-state index in [0.717, 1.165) is 0 Å². The Kier molecular flexibility index (Phi) is 3.25. The second-order valence-corrected chi connectivity index (χ2v) is 4.49. The fourth-order valence-electron chi connectivity index (χ4n) is 2.12. The molecule has 0 saturated heterocycles. The van der Waals surface area contributed by atoms with Crippen molar-refractivity contribution < 1.29 is 4.52 Å². The zero-order chi connectivity index (χ0) is 13.1. The van der Waals surface area contributed by atoms with Crippen LogP contribution in [0.1, 0.15) is 17.3 Å². The summed E-state index contributed by atoms with van der Waals surface area (Å²) in [6.45, 7) is 0.626. The van der Waals surface area contributed by atoms with Gasteiger partial charge in [0.15, 0.2) is 5.82 Å². The van der Waals surface area contributed by atoms with Gasteiger partial charge in [0.25, 0.3) is 0 Å². The summed E-state index contributed by atoms with van der Waals surface area (Å²) in [5.41, 5.74) is 1.18. The molecule has 0 aliphatic heterocycles. The van der Waals surface area contributed by atoms with Crippen LogP contribution in [0, 0.1) is 0 Å². The van der Waals surface area contributed by atoms with Gasteiger partial charge in [-0.15, -0.1) is 0 Å².